The summed E-state index contributed by atoms with van der Waals surface area (Å²) in [5.74, 6) is -5.29. The largest absolute Gasteiger partial charge is 0.348 e. The molecule has 5 heterocycles. The zero-order chi connectivity index (χ0) is 31.6. The van der Waals surface area contributed by atoms with Crippen LogP contribution in [0.15, 0.2) is 24.3 Å². The monoisotopic (exact) mass is 610 g/mol. The Morgan fingerprint density at radius 1 is 0.488 bits per heavy atom. The van der Waals surface area contributed by atoms with Crippen molar-refractivity contribution in [1.82, 2.24) is 0 Å². The summed E-state index contributed by atoms with van der Waals surface area (Å²) in [7, 11) is 0. The molecule has 0 aromatic carbocycles. The Morgan fingerprint density at radius 3 is 1.16 bits per heavy atom. The van der Waals surface area contributed by atoms with Crippen LogP contribution < -0.4 is 0 Å². The fraction of sp³-hybridized carbons (Fsp3) is 0.806. The molecule has 5 aliphatic rings. The predicted molar refractivity (Wildman–Crippen MR) is 150 cm³/mol. The van der Waals surface area contributed by atoms with Crippen LogP contribution in [0.5, 0.6) is 0 Å². The van der Waals surface area contributed by atoms with Gasteiger partial charge in [0.05, 0.1) is 13.2 Å². The maximum absolute atomic E-state index is 13.4. The molecule has 0 bridgehead atoms. The van der Waals surface area contributed by atoms with Crippen molar-refractivity contribution in [1.29, 1.82) is 0 Å². The summed E-state index contributed by atoms with van der Waals surface area (Å²) in [4.78, 5) is 26.9. The van der Waals surface area contributed by atoms with Crippen molar-refractivity contribution < 1.29 is 57.0 Å². The summed E-state index contributed by atoms with van der Waals surface area (Å²) in [6.07, 6.45) is 0.687. The molecule has 0 aromatic rings. The van der Waals surface area contributed by atoms with E-state index in [4.69, 9.17) is 47.4 Å². The van der Waals surface area contributed by atoms with Gasteiger partial charge in [0, 0.05) is 0 Å². The lowest BCUT2D eigenvalue weighted by Gasteiger charge is -2.23. The molecular weight excluding hydrogens is 564 g/mol. The van der Waals surface area contributed by atoms with Crippen LogP contribution in [0.3, 0.4) is 0 Å². The molecule has 12 nitrogen and oxygen atoms in total. The van der Waals surface area contributed by atoms with Gasteiger partial charge in [0.15, 0.2) is 52.7 Å². The van der Waals surface area contributed by atoms with E-state index in [1.165, 1.54) is 12.2 Å². The minimum absolute atomic E-state index is 0.331. The Kier molecular flexibility index (Phi) is 8.65. The normalized spacial score (nSPS) is 41.1. The summed E-state index contributed by atoms with van der Waals surface area (Å²) in [5.41, 5.74) is 0. The van der Waals surface area contributed by atoms with Gasteiger partial charge < -0.3 is 47.4 Å². The Hall–Kier alpha value is -1.58. The summed E-state index contributed by atoms with van der Waals surface area (Å²) < 4.78 is 59.5. The average molecular weight is 611 g/mol. The van der Waals surface area contributed by atoms with E-state index in [0.29, 0.717) is 13.2 Å². The zero-order valence-electron chi connectivity index (χ0n) is 26.7. The average Bonchev–Trinajstić information content (AvgIpc) is 3.65. The molecule has 0 aliphatic carbocycles. The Labute approximate surface area is 253 Å². The third kappa shape index (κ3) is 7.63. The molecule has 0 saturated carbocycles. The molecule has 43 heavy (non-hydrogen) atoms. The standard InChI is InChI=1S/C31H46O12/c1-27(2)34-15-21(38-27)25-19(36-29(5,6)42-25)13-11-17(32)23-24(41-31(9,10)40-23)18(33)12-14-20-26(43-30(7,8)37-20)22-16-35-28(3,4)39-22/h11-14,19-26H,15-16H2,1-10H3/b13-11+,14-12+/t19-,20-,21-,22-,23+,24+,25+,26+/m1/s1. The second-order valence-electron chi connectivity index (χ2n) is 13.9. The quantitative estimate of drug-likeness (QED) is 0.375. The predicted octanol–water partition coefficient (Wildman–Crippen LogP) is 3.10. The summed E-state index contributed by atoms with van der Waals surface area (Å²) >= 11 is 0. The molecule has 5 fully saturated rings. The number of carbonyl (C=O) groups excluding carboxylic acids is 2. The van der Waals surface area contributed by atoms with Crippen LogP contribution in [0, 0.1) is 0 Å². The molecule has 242 valence electrons. The molecule has 0 radical (unpaired) electrons. The molecule has 0 N–H and O–H groups in total. The van der Waals surface area contributed by atoms with Gasteiger partial charge in [-0.3, -0.25) is 9.59 Å². The SMILES string of the molecule is CC1(C)O[C@H]([C@H]2COC(C)(C)O2)[C@@H](/C=C/C(=O)[C@@H]2OC(C)(C)O[C@H]2C(=O)/C=C/[C@H]2OC(C)(C)O[C@@H]2[C@H]2COC(C)(C)O2)O1. The van der Waals surface area contributed by atoms with Gasteiger partial charge in [-0.2, -0.15) is 0 Å². The van der Waals surface area contributed by atoms with E-state index >= 15 is 0 Å². The lowest BCUT2D eigenvalue weighted by atomic mass is 10.0. The summed E-state index contributed by atoms with van der Waals surface area (Å²) in [6.45, 7) is 18.5. The van der Waals surface area contributed by atoms with Gasteiger partial charge in [-0.1, -0.05) is 0 Å². The van der Waals surface area contributed by atoms with Crippen LogP contribution in [0.1, 0.15) is 69.2 Å². The fourth-order valence-electron chi connectivity index (χ4n) is 6.01. The highest BCUT2D eigenvalue weighted by Crippen LogP contribution is 2.38. The number of ketones is 2. The van der Waals surface area contributed by atoms with Crippen molar-refractivity contribution in [3.8, 4) is 0 Å². The van der Waals surface area contributed by atoms with E-state index < -0.39 is 77.1 Å². The van der Waals surface area contributed by atoms with Gasteiger partial charge in [0.2, 0.25) is 0 Å². The number of rotatable bonds is 8. The van der Waals surface area contributed by atoms with E-state index in [1.807, 2.05) is 27.7 Å². The first-order valence-corrected chi connectivity index (χ1v) is 14.9. The molecule has 8 atom stereocenters. The highest BCUT2D eigenvalue weighted by molar-refractivity contribution is 6.02. The van der Waals surface area contributed by atoms with Crippen molar-refractivity contribution in [2.45, 2.75) is 147 Å². The van der Waals surface area contributed by atoms with E-state index in [9.17, 15) is 9.59 Å². The smallest absolute Gasteiger partial charge is 0.187 e. The van der Waals surface area contributed by atoms with Gasteiger partial charge in [0.1, 0.15) is 36.6 Å². The van der Waals surface area contributed by atoms with Crippen LogP contribution in [0.4, 0.5) is 0 Å². The van der Waals surface area contributed by atoms with Crippen molar-refractivity contribution >= 4 is 11.6 Å². The highest BCUT2D eigenvalue weighted by atomic mass is 16.8. The fourth-order valence-corrected chi connectivity index (χ4v) is 6.01. The van der Waals surface area contributed by atoms with Crippen molar-refractivity contribution in [3.63, 3.8) is 0 Å². The molecule has 12 heteroatoms. The van der Waals surface area contributed by atoms with Crippen LogP contribution >= 0.6 is 0 Å². The third-order valence-electron chi connectivity index (χ3n) is 7.68. The number of hydrogen-bond donors (Lipinski definition) is 0. The van der Waals surface area contributed by atoms with Gasteiger partial charge >= 0.3 is 0 Å². The van der Waals surface area contributed by atoms with Gasteiger partial charge in [-0.15, -0.1) is 0 Å². The number of ether oxygens (including phenoxy) is 10. The maximum Gasteiger partial charge on any atom is 0.187 e. The molecule has 0 spiro atoms. The second-order valence-corrected chi connectivity index (χ2v) is 13.9. The molecule has 0 amide bonds. The maximum atomic E-state index is 13.4. The van der Waals surface area contributed by atoms with Crippen molar-refractivity contribution in [3.05, 3.63) is 24.3 Å². The summed E-state index contributed by atoms with van der Waals surface area (Å²) in [5, 5.41) is 0. The Bertz CT molecular complexity index is 1050. The molecule has 0 unspecified atom stereocenters. The molecule has 0 aromatic heterocycles. The molecular formula is C31H46O12. The van der Waals surface area contributed by atoms with Gasteiger partial charge in [0.25, 0.3) is 0 Å². The first kappa shape index (κ1) is 32.8. The van der Waals surface area contributed by atoms with Crippen LogP contribution in [-0.4, -0.2) is 103 Å². The van der Waals surface area contributed by atoms with Gasteiger partial charge in [-0.05, 0) is 93.5 Å². The lowest BCUT2D eigenvalue weighted by Crippen LogP contribution is -2.39. The van der Waals surface area contributed by atoms with Crippen LogP contribution in [0.2, 0.25) is 0 Å². The highest BCUT2D eigenvalue weighted by Gasteiger charge is 2.52. The van der Waals surface area contributed by atoms with E-state index in [2.05, 4.69) is 0 Å². The van der Waals surface area contributed by atoms with E-state index in [1.54, 1.807) is 53.7 Å². The Balaban J connectivity index is 1.27. The molecule has 5 saturated heterocycles. The lowest BCUT2D eigenvalue weighted by molar-refractivity contribution is -0.174. The minimum atomic E-state index is -1.16. The van der Waals surface area contributed by atoms with Crippen LogP contribution in [0.25, 0.3) is 0 Å². The zero-order valence-corrected chi connectivity index (χ0v) is 26.7. The van der Waals surface area contributed by atoms with E-state index in [-0.39, 0.29) is 12.2 Å². The molecule has 5 aliphatic heterocycles. The second kappa shape index (κ2) is 11.3. The first-order chi connectivity index (χ1) is 19.7. The van der Waals surface area contributed by atoms with Crippen LogP contribution in [-0.2, 0) is 57.0 Å². The van der Waals surface area contributed by atoms with Crippen molar-refractivity contribution in [2.75, 3.05) is 13.2 Å². The van der Waals surface area contributed by atoms with Gasteiger partial charge in [-0.25, -0.2) is 0 Å². The number of carbonyl (C=O) groups is 2. The van der Waals surface area contributed by atoms with E-state index in [0.717, 1.165) is 0 Å². The van der Waals surface area contributed by atoms with Crippen molar-refractivity contribution in [2.24, 2.45) is 0 Å². The molecule has 5 rings (SSSR count). The topological polar surface area (TPSA) is 126 Å². The minimum Gasteiger partial charge on any atom is -0.348 e. The number of hydrogen-bond acceptors (Lipinski definition) is 12. The third-order valence-corrected chi connectivity index (χ3v) is 7.68. The summed E-state index contributed by atoms with van der Waals surface area (Å²) in [6, 6.07) is 0. The first-order valence-electron chi connectivity index (χ1n) is 14.9. The Morgan fingerprint density at radius 2 is 0.837 bits per heavy atom.